The van der Waals surface area contributed by atoms with Crippen molar-refractivity contribution in [2.75, 3.05) is 10.6 Å². The van der Waals surface area contributed by atoms with E-state index in [4.69, 9.17) is 0 Å². The number of fused-ring (bicyclic) bond motifs is 1. The van der Waals surface area contributed by atoms with Gasteiger partial charge in [0.15, 0.2) is 12.5 Å². The number of rotatable bonds is 3. The first-order valence-electron chi connectivity index (χ1n) is 6.21. The molecule has 2 atom stereocenters. The van der Waals surface area contributed by atoms with Crippen LogP contribution < -0.4 is 10.6 Å². The summed E-state index contributed by atoms with van der Waals surface area (Å²) in [7, 11) is 0. The fourth-order valence-corrected chi connectivity index (χ4v) is 2.24. The van der Waals surface area contributed by atoms with Gasteiger partial charge in [0.1, 0.15) is 0 Å². The second kappa shape index (κ2) is 5.04. The van der Waals surface area contributed by atoms with E-state index in [1.54, 1.807) is 23.3 Å². The molecular weight excluding hydrogens is 278 g/mol. The number of benzene rings is 1. The normalized spacial score (nSPS) is 20.3. The third kappa shape index (κ3) is 2.51. The first-order valence-corrected chi connectivity index (χ1v) is 6.21. The number of imidazole rings is 1. The molecule has 4 N–H and O–H groups in total. The highest BCUT2D eigenvalue weighted by atomic mass is 16.6. The smallest absolute Gasteiger partial charge is 0.271 e. The number of non-ortho nitro benzene ring substituents is 1. The Kier molecular flexibility index (Phi) is 3.20. The summed E-state index contributed by atoms with van der Waals surface area (Å²) < 4.78 is 1.75. The zero-order valence-electron chi connectivity index (χ0n) is 10.8. The van der Waals surface area contributed by atoms with Crippen LogP contribution in [0, 0.1) is 10.1 Å². The lowest BCUT2D eigenvalue weighted by molar-refractivity contribution is -0.384. The van der Waals surface area contributed by atoms with Crippen LogP contribution in [0.25, 0.3) is 0 Å². The summed E-state index contributed by atoms with van der Waals surface area (Å²) in [6.45, 7) is 0.349. The molecule has 21 heavy (non-hydrogen) atoms. The molecule has 0 bridgehead atoms. The largest absolute Gasteiger partial charge is 0.369 e. The number of hydrogen-bond donors (Lipinski definition) is 4. The molecule has 1 aromatic carbocycles. The van der Waals surface area contributed by atoms with Crippen molar-refractivity contribution in [1.82, 2.24) is 9.55 Å². The van der Waals surface area contributed by atoms with E-state index < -0.39 is 17.4 Å². The first kappa shape index (κ1) is 13.3. The van der Waals surface area contributed by atoms with E-state index in [1.807, 2.05) is 0 Å². The number of nitro benzene ring substituents is 1. The molecule has 2 unspecified atom stereocenters. The molecule has 2 heterocycles. The standard InChI is InChI=1S/C12H13N5O4/c18-11-12(19)15-10-7(5-16-2-1-13-6-16)3-8(17(20)21)4-9(10)14-11/h1-4,6,11-12,14-15,18-19H,5H2. The Morgan fingerprint density at radius 3 is 2.76 bits per heavy atom. The predicted molar refractivity (Wildman–Crippen MR) is 73.7 cm³/mol. The van der Waals surface area contributed by atoms with Gasteiger partial charge in [-0.3, -0.25) is 10.1 Å². The van der Waals surface area contributed by atoms with E-state index in [2.05, 4.69) is 15.6 Å². The van der Waals surface area contributed by atoms with Crippen molar-refractivity contribution in [2.24, 2.45) is 0 Å². The van der Waals surface area contributed by atoms with E-state index in [-0.39, 0.29) is 5.69 Å². The van der Waals surface area contributed by atoms with Crippen LogP contribution in [0.3, 0.4) is 0 Å². The molecule has 0 amide bonds. The molecule has 0 spiro atoms. The summed E-state index contributed by atoms with van der Waals surface area (Å²) in [5, 5.41) is 35.7. The van der Waals surface area contributed by atoms with E-state index in [0.29, 0.717) is 23.5 Å². The quantitative estimate of drug-likeness (QED) is 0.473. The Hall–Kier alpha value is -2.65. The van der Waals surface area contributed by atoms with Crippen LogP contribution in [0.15, 0.2) is 30.9 Å². The maximum Gasteiger partial charge on any atom is 0.271 e. The maximum atomic E-state index is 11.0. The Labute approximate surface area is 119 Å². The highest BCUT2D eigenvalue weighted by Gasteiger charge is 2.27. The highest BCUT2D eigenvalue weighted by Crippen LogP contribution is 2.35. The van der Waals surface area contributed by atoms with Gasteiger partial charge in [0.05, 0.1) is 29.2 Å². The van der Waals surface area contributed by atoms with Gasteiger partial charge in [0.2, 0.25) is 0 Å². The lowest BCUT2D eigenvalue weighted by Crippen LogP contribution is -2.43. The van der Waals surface area contributed by atoms with Gasteiger partial charge >= 0.3 is 0 Å². The molecule has 0 saturated carbocycles. The number of aromatic nitrogens is 2. The number of hydrogen-bond acceptors (Lipinski definition) is 7. The number of aliphatic hydroxyl groups excluding tert-OH is 2. The average molecular weight is 291 g/mol. The van der Waals surface area contributed by atoms with Crippen LogP contribution in [0.5, 0.6) is 0 Å². The first-order chi connectivity index (χ1) is 10.0. The molecule has 0 radical (unpaired) electrons. The summed E-state index contributed by atoms with van der Waals surface area (Å²) in [5.41, 5.74) is 1.40. The zero-order chi connectivity index (χ0) is 15.0. The van der Waals surface area contributed by atoms with Crippen LogP contribution in [0.1, 0.15) is 5.56 Å². The van der Waals surface area contributed by atoms with Gasteiger partial charge in [0.25, 0.3) is 5.69 Å². The minimum atomic E-state index is -1.24. The number of nitrogens with zero attached hydrogens (tertiary/aromatic N) is 3. The van der Waals surface area contributed by atoms with E-state index in [0.717, 1.165) is 0 Å². The summed E-state index contributed by atoms with van der Waals surface area (Å²) in [6, 6.07) is 2.74. The SMILES string of the molecule is O=[N+]([O-])c1cc(Cn2ccnc2)c2c(c1)NC(O)C(O)N2. The average Bonchev–Trinajstić information content (AvgIpc) is 2.93. The van der Waals surface area contributed by atoms with Gasteiger partial charge in [-0.2, -0.15) is 0 Å². The van der Waals surface area contributed by atoms with Gasteiger partial charge in [-0.05, 0) is 0 Å². The molecule has 1 aliphatic heterocycles. The van der Waals surface area contributed by atoms with E-state index in [1.165, 1.54) is 12.1 Å². The molecule has 1 aromatic heterocycles. The third-order valence-corrected chi connectivity index (χ3v) is 3.22. The summed E-state index contributed by atoms with van der Waals surface area (Å²) in [6.07, 6.45) is 2.49. The molecule has 3 rings (SSSR count). The molecule has 0 fully saturated rings. The van der Waals surface area contributed by atoms with Crippen LogP contribution in [-0.4, -0.2) is 37.1 Å². The number of anilines is 2. The predicted octanol–water partition coefficient (Wildman–Crippen LogP) is 0.314. The van der Waals surface area contributed by atoms with Crippen LogP contribution >= 0.6 is 0 Å². The fourth-order valence-electron chi connectivity index (χ4n) is 2.24. The van der Waals surface area contributed by atoms with Gasteiger partial charge < -0.3 is 25.4 Å². The van der Waals surface area contributed by atoms with Gasteiger partial charge in [-0.1, -0.05) is 0 Å². The van der Waals surface area contributed by atoms with Gasteiger partial charge in [0, 0.05) is 30.1 Å². The van der Waals surface area contributed by atoms with Crippen molar-refractivity contribution in [3.05, 3.63) is 46.5 Å². The minimum Gasteiger partial charge on any atom is -0.369 e. The maximum absolute atomic E-state index is 11.0. The molecule has 2 aromatic rings. The lowest BCUT2D eigenvalue weighted by atomic mass is 10.1. The highest BCUT2D eigenvalue weighted by molar-refractivity contribution is 5.78. The third-order valence-electron chi connectivity index (χ3n) is 3.22. The van der Waals surface area contributed by atoms with Gasteiger partial charge in [-0.25, -0.2) is 4.98 Å². The van der Waals surface area contributed by atoms with Crippen LogP contribution in [0.2, 0.25) is 0 Å². The number of nitro groups is 1. The molecule has 1 aliphatic rings. The van der Waals surface area contributed by atoms with Crippen molar-refractivity contribution in [3.63, 3.8) is 0 Å². The van der Waals surface area contributed by atoms with Gasteiger partial charge in [-0.15, -0.1) is 0 Å². The fraction of sp³-hybridized carbons (Fsp3) is 0.250. The molecule has 9 nitrogen and oxygen atoms in total. The van der Waals surface area contributed by atoms with Crippen LogP contribution in [0.4, 0.5) is 17.1 Å². The topological polar surface area (TPSA) is 125 Å². The summed E-state index contributed by atoms with van der Waals surface area (Å²) in [4.78, 5) is 14.4. The monoisotopic (exact) mass is 291 g/mol. The second-order valence-electron chi connectivity index (χ2n) is 4.70. The van der Waals surface area contributed by atoms with Crippen molar-refractivity contribution < 1.29 is 15.1 Å². The Morgan fingerprint density at radius 2 is 2.10 bits per heavy atom. The summed E-state index contributed by atoms with van der Waals surface area (Å²) in [5.74, 6) is 0. The molecule has 9 heteroatoms. The lowest BCUT2D eigenvalue weighted by Gasteiger charge is -2.31. The Bertz CT molecular complexity index is 673. The van der Waals surface area contributed by atoms with Crippen molar-refractivity contribution >= 4 is 17.1 Å². The molecule has 0 saturated heterocycles. The second-order valence-corrected chi connectivity index (χ2v) is 4.70. The molecule has 0 aliphatic carbocycles. The Morgan fingerprint density at radius 1 is 1.33 bits per heavy atom. The summed E-state index contributed by atoms with van der Waals surface area (Å²) >= 11 is 0. The zero-order valence-corrected chi connectivity index (χ0v) is 10.8. The molecule has 110 valence electrons. The van der Waals surface area contributed by atoms with E-state index in [9.17, 15) is 20.3 Å². The number of aliphatic hydroxyl groups is 2. The number of nitrogens with one attached hydrogen (secondary N) is 2. The van der Waals surface area contributed by atoms with E-state index >= 15 is 0 Å². The van der Waals surface area contributed by atoms with Crippen molar-refractivity contribution in [1.29, 1.82) is 0 Å². The van der Waals surface area contributed by atoms with Crippen LogP contribution in [-0.2, 0) is 6.54 Å². The minimum absolute atomic E-state index is 0.0956. The van der Waals surface area contributed by atoms with Crippen molar-refractivity contribution in [3.8, 4) is 0 Å². The van der Waals surface area contributed by atoms with Crippen molar-refractivity contribution in [2.45, 2.75) is 19.0 Å². The Balaban J connectivity index is 2.06. The molecular formula is C12H13N5O4.